The van der Waals surface area contributed by atoms with Crippen LogP contribution in [0, 0.1) is 6.92 Å². The molecular formula is C29H33ClN4O2. The van der Waals surface area contributed by atoms with Gasteiger partial charge in [0.2, 0.25) is 0 Å². The van der Waals surface area contributed by atoms with Crippen LogP contribution in [0.5, 0.6) is 0 Å². The van der Waals surface area contributed by atoms with E-state index in [2.05, 4.69) is 37.0 Å². The normalized spacial score (nSPS) is 12.9. The topological polar surface area (TPSA) is 102 Å². The summed E-state index contributed by atoms with van der Waals surface area (Å²) in [5, 5.41) is 10.4. The molecule has 2 heterocycles. The van der Waals surface area contributed by atoms with E-state index in [0.29, 0.717) is 51.8 Å². The van der Waals surface area contributed by atoms with Crippen molar-refractivity contribution in [1.29, 1.82) is 0 Å². The van der Waals surface area contributed by atoms with E-state index in [1.165, 1.54) is 6.20 Å². The number of benzene rings is 1. The molecule has 0 amide bonds. The number of ketones is 1. The Morgan fingerprint density at radius 3 is 2.42 bits per heavy atom. The van der Waals surface area contributed by atoms with Crippen LogP contribution in [0.4, 0.5) is 5.82 Å². The molecule has 1 unspecified atom stereocenters. The van der Waals surface area contributed by atoms with Gasteiger partial charge in [-0.3, -0.25) is 9.78 Å². The largest absolute Gasteiger partial charge is 0.508 e. The highest BCUT2D eigenvalue weighted by molar-refractivity contribution is 6.30. The first-order valence-electron chi connectivity index (χ1n) is 11.9. The van der Waals surface area contributed by atoms with E-state index in [-0.39, 0.29) is 23.3 Å². The van der Waals surface area contributed by atoms with Gasteiger partial charge in [0.15, 0.2) is 5.82 Å². The average Bonchev–Trinajstić information content (AvgIpc) is 2.83. The number of nitrogen functional groups attached to an aromatic ring is 1. The molecular weight excluding hydrogens is 472 g/mol. The van der Waals surface area contributed by atoms with Crippen molar-refractivity contribution < 1.29 is 9.90 Å². The minimum Gasteiger partial charge on any atom is -0.508 e. The van der Waals surface area contributed by atoms with Gasteiger partial charge in [0.25, 0.3) is 0 Å². The maximum absolute atomic E-state index is 13.5. The smallest absolute Gasteiger partial charge is 0.161 e. The first-order valence-corrected chi connectivity index (χ1v) is 12.3. The summed E-state index contributed by atoms with van der Waals surface area (Å²) in [7, 11) is 0. The second-order valence-corrected chi connectivity index (χ2v) is 9.87. The summed E-state index contributed by atoms with van der Waals surface area (Å²) in [6.45, 7) is 17.5. The molecule has 2 aromatic heterocycles. The Bertz CT molecular complexity index is 1310. The summed E-state index contributed by atoms with van der Waals surface area (Å²) in [6, 6.07) is 9.04. The molecule has 0 aliphatic rings. The van der Waals surface area contributed by atoms with E-state index in [9.17, 15) is 9.90 Å². The van der Waals surface area contributed by atoms with Crippen LogP contribution >= 0.6 is 11.6 Å². The number of aliphatic hydroxyl groups excluding tert-OH is 1. The summed E-state index contributed by atoms with van der Waals surface area (Å²) in [4.78, 5) is 27.4. The third kappa shape index (κ3) is 5.05. The van der Waals surface area contributed by atoms with Crippen LogP contribution in [0.1, 0.15) is 85.9 Å². The third-order valence-corrected chi connectivity index (χ3v) is 6.73. The Kier molecular flexibility index (Phi) is 7.99. The molecule has 0 spiro atoms. The predicted molar refractivity (Wildman–Crippen MR) is 147 cm³/mol. The summed E-state index contributed by atoms with van der Waals surface area (Å²) in [6.07, 6.45) is 2.50. The maximum Gasteiger partial charge on any atom is 0.161 e. The van der Waals surface area contributed by atoms with Gasteiger partial charge in [-0.2, -0.15) is 0 Å². The number of aliphatic hydroxyl groups is 1. The monoisotopic (exact) mass is 504 g/mol. The fourth-order valence-electron chi connectivity index (χ4n) is 4.50. The van der Waals surface area contributed by atoms with Gasteiger partial charge in [-0.1, -0.05) is 51.6 Å². The molecule has 0 aliphatic heterocycles. The Labute approximate surface area is 218 Å². The quantitative estimate of drug-likeness (QED) is 0.310. The molecule has 3 aromatic rings. The SMILES string of the molecule is C=C(O)c1ccc(C(C)(C(=O)CCC)c2c(C)nc(C(=C)c3ccc(Cl)cc3C(C)C)nc2N)nc1. The van der Waals surface area contributed by atoms with Crippen LogP contribution in [-0.2, 0) is 10.2 Å². The molecule has 0 aliphatic carbocycles. The first-order chi connectivity index (χ1) is 16.9. The van der Waals surface area contributed by atoms with Crippen molar-refractivity contribution in [1.82, 2.24) is 15.0 Å². The number of carbonyl (C=O) groups is 1. The summed E-state index contributed by atoms with van der Waals surface area (Å²) >= 11 is 6.24. The van der Waals surface area contributed by atoms with Crippen LogP contribution < -0.4 is 5.73 Å². The van der Waals surface area contributed by atoms with Crippen molar-refractivity contribution in [2.75, 3.05) is 5.73 Å². The molecule has 0 saturated heterocycles. The van der Waals surface area contributed by atoms with Crippen molar-refractivity contribution in [2.45, 2.75) is 58.8 Å². The number of nitrogens with zero attached hydrogens (tertiary/aromatic N) is 3. The van der Waals surface area contributed by atoms with Crippen LogP contribution in [0.2, 0.25) is 5.02 Å². The standard InChI is InChI=1S/C29H33ClN4O2/c1-8-9-25(36)29(7,24-13-10-20(15-32-24)19(6)35)26-18(5)33-28(34-27(26)31)17(4)22-12-11-21(30)14-23(22)16(2)3/h10-16,35H,4,6,8-9H2,1-3,5,7H3,(H2,31,33,34). The van der Waals surface area contributed by atoms with Gasteiger partial charge in [-0.25, -0.2) is 9.97 Å². The number of pyridine rings is 1. The number of anilines is 1. The number of aryl methyl sites for hydroxylation is 1. The van der Waals surface area contributed by atoms with Gasteiger partial charge in [-0.15, -0.1) is 0 Å². The molecule has 1 atom stereocenters. The number of aromatic nitrogens is 3. The summed E-state index contributed by atoms with van der Waals surface area (Å²) < 4.78 is 0. The lowest BCUT2D eigenvalue weighted by molar-refractivity contribution is -0.122. The van der Waals surface area contributed by atoms with Crippen LogP contribution in [0.3, 0.4) is 0 Å². The highest BCUT2D eigenvalue weighted by atomic mass is 35.5. The molecule has 0 saturated carbocycles. The lowest BCUT2D eigenvalue weighted by Gasteiger charge is -2.30. The van der Waals surface area contributed by atoms with Crippen molar-refractivity contribution in [3.8, 4) is 0 Å². The molecule has 3 N–H and O–H groups in total. The van der Waals surface area contributed by atoms with Gasteiger partial charge in [0.05, 0.1) is 11.1 Å². The van der Waals surface area contributed by atoms with E-state index < -0.39 is 5.41 Å². The van der Waals surface area contributed by atoms with Crippen molar-refractivity contribution in [3.63, 3.8) is 0 Å². The summed E-state index contributed by atoms with van der Waals surface area (Å²) in [5.41, 5.74) is 9.98. The van der Waals surface area contributed by atoms with Gasteiger partial charge in [0.1, 0.15) is 17.4 Å². The minimum absolute atomic E-state index is 0.0437. The zero-order valence-electron chi connectivity index (χ0n) is 21.5. The minimum atomic E-state index is -1.18. The highest BCUT2D eigenvalue weighted by Crippen LogP contribution is 2.39. The Hall–Kier alpha value is -3.51. The van der Waals surface area contributed by atoms with E-state index in [1.54, 1.807) is 19.1 Å². The Morgan fingerprint density at radius 1 is 1.19 bits per heavy atom. The predicted octanol–water partition coefficient (Wildman–Crippen LogP) is 6.80. The zero-order valence-corrected chi connectivity index (χ0v) is 22.3. The number of halogens is 1. The number of hydrogen-bond donors (Lipinski definition) is 2. The van der Waals surface area contributed by atoms with Gasteiger partial charge in [0, 0.05) is 40.0 Å². The molecule has 6 nitrogen and oxygen atoms in total. The Morgan fingerprint density at radius 2 is 1.89 bits per heavy atom. The van der Waals surface area contributed by atoms with Gasteiger partial charge in [-0.05, 0) is 61.6 Å². The van der Waals surface area contributed by atoms with E-state index in [4.69, 9.17) is 22.3 Å². The number of hydrogen-bond acceptors (Lipinski definition) is 6. The van der Waals surface area contributed by atoms with Gasteiger partial charge < -0.3 is 10.8 Å². The van der Waals surface area contributed by atoms with E-state index >= 15 is 0 Å². The second kappa shape index (κ2) is 10.6. The van der Waals surface area contributed by atoms with E-state index in [1.807, 2.05) is 32.0 Å². The molecule has 0 fully saturated rings. The molecule has 188 valence electrons. The molecule has 36 heavy (non-hydrogen) atoms. The molecule has 3 rings (SSSR count). The van der Waals surface area contributed by atoms with E-state index in [0.717, 1.165) is 11.1 Å². The molecule has 1 aromatic carbocycles. The fraction of sp³-hybridized carbons (Fsp3) is 0.310. The number of carbonyl (C=O) groups excluding carboxylic acids is 1. The van der Waals surface area contributed by atoms with Crippen LogP contribution in [0.25, 0.3) is 11.3 Å². The van der Waals surface area contributed by atoms with Crippen LogP contribution in [0.15, 0.2) is 49.7 Å². The lowest BCUT2D eigenvalue weighted by Crippen LogP contribution is -2.37. The molecule has 0 bridgehead atoms. The van der Waals surface area contributed by atoms with Gasteiger partial charge >= 0.3 is 0 Å². The zero-order chi connectivity index (χ0) is 26.8. The van der Waals surface area contributed by atoms with Crippen molar-refractivity contribution in [2.24, 2.45) is 0 Å². The third-order valence-electron chi connectivity index (χ3n) is 6.49. The molecule has 7 heteroatoms. The summed E-state index contributed by atoms with van der Waals surface area (Å²) in [5.74, 6) is 0.664. The number of nitrogens with two attached hydrogens (primary N) is 1. The number of rotatable bonds is 9. The second-order valence-electron chi connectivity index (χ2n) is 9.43. The van der Waals surface area contributed by atoms with Crippen molar-refractivity contribution in [3.05, 3.63) is 94.2 Å². The fourth-order valence-corrected chi connectivity index (χ4v) is 4.68. The Balaban J connectivity index is 2.17. The van der Waals surface area contributed by atoms with Crippen molar-refractivity contribution >= 4 is 34.5 Å². The van der Waals surface area contributed by atoms with Crippen LogP contribution in [-0.4, -0.2) is 25.8 Å². The average molecular weight is 505 g/mol. The highest BCUT2D eigenvalue weighted by Gasteiger charge is 2.41. The molecule has 0 radical (unpaired) electrons. The first kappa shape index (κ1) is 27.1. The maximum atomic E-state index is 13.5. The number of Topliss-reactive ketones (excluding diaryl/α,β-unsaturated/α-hetero) is 1. The lowest BCUT2D eigenvalue weighted by atomic mass is 9.73.